The zero-order valence-electron chi connectivity index (χ0n) is 6.77. The molecular weight excluding hydrogens is 174 g/mol. The number of benzene rings is 1. The van der Waals surface area contributed by atoms with Gasteiger partial charge >= 0.3 is 0 Å². The van der Waals surface area contributed by atoms with E-state index >= 15 is 0 Å². The maximum atomic E-state index is 10.2. The van der Waals surface area contributed by atoms with Gasteiger partial charge in [-0.25, -0.2) is 0 Å². The van der Waals surface area contributed by atoms with Crippen LogP contribution in [0.5, 0.6) is 5.75 Å². The minimum absolute atomic E-state index is 0.0312. The lowest BCUT2D eigenvalue weighted by Gasteiger charge is -2.01. The Hall–Kier alpha value is -1.62. The Kier molecular flexibility index (Phi) is 3.22. The molecule has 5 nitrogen and oxygen atoms in total. The van der Waals surface area contributed by atoms with Crippen LogP contribution in [-0.4, -0.2) is 23.2 Å². The number of aliphatic hydroxyl groups excluding tert-OH is 1. The van der Waals surface area contributed by atoms with Crippen molar-refractivity contribution in [3.8, 4) is 5.75 Å². The fraction of sp³-hybridized carbons (Fsp3) is 0.250. The van der Waals surface area contributed by atoms with Crippen molar-refractivity contribution >= 4 is 5.69 Å². The molecule has 0 amide bonds. The average Bonchev–Trinajstić information content (AvgIpc) is 2.15. The second-order valence-corrected chi connectivity index (χ2v) is 2.24. The topological polar surface area (TPSA) is 72.6 Å². The van der Waals surface area contributed by atoms with Gasteiger partial charge in [-0.2, -0.15) is 0 Å². The molecule has 0 saturated heterocycles. The first-order chi connectivity index (χ1) is 6.24. The van der Waals surface area contributed by atoms with E-state index in [9.17, 15) is 10.1 Å². The summed E-state index contributed by atoms with van der Waals surface area (Å²) in [5.41, 5.74) is -0.0312. The second kappa shape index (κ2) is 4.42. The third-order valence-electron chi connectivity index (χ3n) is 1.33. The molecule has 0 aliphatic heterocycles. The lowest BCUT2D eigenvalue weighted by atomic mass is 10.3. The molecule has 1 N–H and O–H groups in total. The Bertz CT molecular complexity index is 283. The number of rotatable bonds is 4. The Morgan fingerprint density at radius 2 is 2.38 bits per heavy atom. The van der Waals surface area contributed by atoms with Gasteiger partial charge in [0.05, 0.1) is 11.5 Å². The lowest BCUT2D eigenvalue weighted by Crippen LogP contribution is -2.01. The minimum Gasteiger partial charge on any atom is -0.491 e. The maximum absolute atomic E-state index is 10.2. The second-order valence-electron chi connectivity index (χ2n) is 2.24. The van der Waals surface area contributed by atoms with Crippen molar-refractivity contribution in [3.05, 3.63) is 34.4 Å². The maximum Gasteiger partial charge on any atom is 0.270 e. The quantitative estimate of drug-likeness (QED) is 0.551. The summed E-state index contributed by atoms with van der Waals surface area (Å²) in [4.78, 5) is 9.72. The van der Waals surface area contributed by atoms with Crippen molar-refractivity contribution in [1.29, 1.82) is 0 Å². The van der Waals surface area contributed by atoms with Crippen molar-refractivity contribution in [2.75, 3.05) is 13.2 Å². The molecule has 0 fully saturated rings. The normalized spacial score (nSPS) is 9.62. The first-order valence-electron chi connectivity index (χ1n) is 3.64. The van der Waals surface area contributed by atoms with Crippen LogP contribution in [0.3, 0.4) is 0 Å². The predicted molar refractivity (Wildman–Crippen MR) is 44.5 cm³/mol. The fourth-order valence-corrected chi connectivity index (χ4v) is 0.761. The van der Waals surface area contributed by atoms with Crippen LogP contribution < -0.4 is 4.74 Å². The molecule has 1 aromatic rings. The fourth-order valence-electron chi connectivity index (χ4n) is 0.761. The van der Waals surface area contributed by atoms with Crippen molar-refractivity contribution in [2.45, 2.75) is 0 Å². The van der Waals surface area contributed by atoms with Gasteiger partial charge in [0.1, 0.15) is 12.4 Å². The number of hydrogen-bond donors (Lipinski definition) is 1. The first-order valence-corrected chi connectivity index (χ1v) is 3.64. The summed E-state index contributed by atoms with van der Waals surface area (Å²) in [6.45, 7) is 0.0686. The van der Waals surface area contributed by atoms with E-state index < -0.39 is 4.92 Å². The number of aliphatic hydroxyl groups is 1. The van der Waals surface area contributed by atoms with Crippen molar-refractivity contribution in [2.24, 2.45) is 0 Å². The van der Waals surface area contributed by atoms with Gasteiger partial charge < -0.3 is 9.84 Å². The van der Waals surface area contributed by atoms with Crippen LogP contribution in [0.4, 0.5) is 5.69 Å². The summed E-state index contributed by atoms with van der Waals surface area (Å²) < 4.78 is 4.96. The van der Waals surface area contributed by atoms with E-state index in [0.29, 0.717) is 5.75 Å². The van der Waals surface area contributed by atoms with Gasteiger partial charge in [-0.1, -0.05) is 0 Å². The van der Waals surface area contributed by atoms with Crippen molar-refractivity contribution < 1.29 is 14.8 Å². The molecule has 0 aromatic heterocycles. The number of nitro groups is 1. The predicted octanol–water partition coefficient (Wildman–Crippen LogP) is 0.766. The third kappa shape index (κ3) is 2.72. The molecule has 5 heteroatoms. The standard InChI is InChI=1S/C8H8NO4/c10-5-6-13-8-3-1-7(2-4-8)9(11)12/h1-3,10H,5-6H2. The summed E-state index contributed by atoms with van der Waals surface area (Å²) in [6, 6.07) is 6.57. The van der Waals surface area contributed by atoms with Crippen LogP contribution in [0.2, 0.25) is 0 Å². The SMILES string of the molecule is O=[N+]([O-])c1c[c]c(OCCO)cc1. The lowest BCUT2D eigenvalue weighted by molar-refractivity contribution is -0.384. The molecular formula is C8H8NO4. The van der Waals surface area contributed by atoms with Crippen LogP contribution in [-0.2, 0) is 0 Å². The monoisotopic (exact) mass is 182 g/mol. The molecule has 0 spiro atoms. The van der Waals surface area contributed by atoms with Gasteiger partial charge in [-0.3, -0.25) is 10.1 Å². The van der Waals surface area contributed by atoms with E-state index in [-0.39, 0.29) is 18.9 Å². The average molecular weight is 182 g/mol. The summed E-state index contributed by atoms with van der Waals surface area (Å²) in [6.07, 6.45) is 0. The molecule has 0 heterocycles. The number of ether oxygens (including phenoxy) is 1. The molecule has 69 valence electrons. The van der Waals surface area contributed by atoms with Crippen LogP contribution >= 0.6 is 0 Å². The highest BCUT2D eigenvalue weighted by atomic mass is 16.6. The number of non-ortho nitro benzene ring substituents is 1. The molecule has 0 saturated carbocycles. The molecule has 0 aliphatic rings. The van der Waals surface area contributed by atoms with Gasteiger partial charge in [0.25, 0.3) is 5.69 Å². The molecule has 13 heavy (non-hydrogen) atoms. The highest BCUT2D eigenvalue weighted by molar-refractivity contribution is 5.34. The Labute approximate surface area is 74.7 Å². The van der Waals surface area contributed by atoms with Gasteiger partial charge in [0.15, 0.2) is 0 Å². The van der Waals surface area contributed by atoms with Crippen LogP contribution in [0.1, 0.15) is 0 Å². The van der Waals surface area contributed by atoms with Crippen LogP contribution in [0, 0.1) is 16.2 Å². The van der Waals surface area contributed by atoms with Gasteiger partial charge in [0.2, 0.25) is 0 Å². The smallest absolute Gasteiger partial charge is 0.270 e. The Balaban J connectivity index is 2.64. The Morgan fingerprint density at radius 1 is 1.62 bits per heavy atom. The summed E-state index contributed by atoms with van der Waals surface area (Å²) in [5.74, 6) is 0.389. The van der Waals surface area contributed by atoms with Crippen molar-refractivity contribution in [1.82, 2.24) is 0 Å². The van der Waals surface area contributed by atoms with E-state index in [1.165, 1.54) is 18.2 Å². The van der Waals surface area contributed by atoms with E-state index in [0.717, 1.165) is 0 Å². The van der Waals surface area contributed by atoms with E-state index in [2.05, 4.69) is 6.07 Å². The highest BCUT2D eigenvalue weighted by Crippen LogP contribution is 2.16. The number of hydrogen-bond acceptors (Lipinski definition) is 4. The van der Waals surface area contributed by atoms with E-state index in [1.54, 1.807) is 0 Å². The molecule has 1 rings (SSSR count). The van der Waals surface area contributed by atoms with E-state index in [1.807, 2.05) is 0 Å². The Morgan fingerprint density at radius 3 is 2.85 bits per heavy atom. The van der Waals surface area contributed by atoms with Gasteiger partial charge in [0, 0.05) is 18.2 Å². The van der Waals surface area contributed by atoms with Gasteiger partial charge in [-0.05, 0) is 6.07 Å². The highest BCUT2D eigenvalue weighted by Gasteiger charge is 2.03. The number of nitrogens with zero attached hydrogens (tertiary/aromatic N) is 1. The largest absolute Gasteiger partial charge is 0.491 e. The first kappa shape index (κ1) is 9.47. The molecule has 0 atom stereocenters. The summed E-state index contributed by atoms with van der Waals surface area (Å²) in [5, 5.41) is 18.7. The summed E-state index contributed by atoms with van der Waals surface area (Å²) in [7, 11) is 0. The van der Waals surface area contributed by atoms with Crippen LogP contribution in [0.25, 0.3) is 0 Å². The molecule has 1 aromatic carbocycles. The minimum atomic E-state index is -0.508. The molecule has 0 aliphatic carbocycles. The van der Waals surface area contributed by atoms with Crippen molar-refractivity contribution in [3.63, 3.8) is 0 Å². The zero-order valence-corrected chi connectivity index (χ0v) is 6.77. The third-order valence-corrected chi connectivity index (χ3v) is 1.33. The van der Waals surface area contributed by atoms with E-state index in [4.69, 9.17) is 9.84 Å². The zero-order chi connectivity index (χ0) is 9.68. The molecule has 1 radical (unpaired) electrons. The summed E-state index contributed by atoms with van der Waals surface area (Å²) >= 11 is 0. The number of nitro benzene ring substituents is 1. The molecule has 0 bridgehead atoms. The van der Waals surface area contributed by atoms with Crippen LogP contribution in [0.15, 0.2) is 18.2 Å². The van der Waals surface area contributed by atoms with Gasteiger partial charge in [-0.15, -0.1) is 0 Å². The molecule has 0 unspecified atom stereocenters.